The highest BCUT2D eigenvalue weighted by atomic mass is 16.5. The fourth-order valence-electron chi connectivity index (χ4n) is 0.941. The number of methoxy groups -OCH3 is 1. The predicted molar refractivity (Wildman–Crippen MR) is 49.3 cm³/mol. The van der Waals surface area contributed by atoms with E-state index in [1.807, 2.05) is 6.08 Å². The first kappa shape index (κ1) is 10.0. The van der Waals surface area contributed by atoms with Gasteiger partial charge in [-0.05, 0) is 18.1 Å². The summed E-state index contributed by atoms with van der Waals surface area (Å²) in [5, 5.41) is 0. The van der Waals surface area contributed by atoms with Crippen LogP contribution < -0.4 is 0 Å². The lowest BCUT2D eigenvalue weighted by Crippen LogP contribution is -1.88. The number of ether oxygens (including phenoxy) is 1. The molecule has 0 radical (unpaired) electrons. The van der Waals surface area contributed by atoms with Crippen LogP contribution in [0.1, 0.15) is 19.8 Å². The van der Waals surface area contributed by atoms with Crippen LogP contribution in [-0.4, -0.2) is 7.11 Å². The summed E-state index contributed by atoms with van der Waals surface area (Å²) >= 11 is 0. The van der Waals surface area contributed by atoms with E-state index in [0.29, 0.717) is 0 Å². The topological polar surface area (TPSA) is 9.23 Å². The summed E-state index contributed by atoms with van der Waals surface area (Å²) in [6.07, 6.45) is 5.64. The Morgan fingerprint density at radius 1 is 1.36 bits per heavy atom. The molecular weight excluding hydrogens is 136 g/mol. The molecule has 0 spiro atoms. The van der Waals surface area contributed by atoms with Crippen LogP contribution in [0.3, 0.4) is 0 Å². The van der Waals surface area contributed by atoms with Gasteiger partial charge in [0.05, 0.1) is 7.11 Å². The number of rotatable bonds is 5. The molecular formula is C10H16O. The average Bonchev–Trinajstić information content (AvgIpc) is 2.05. The minimum Gasteiger partial charge on any atom is -0.497 e. The number of hydrogen-bond donors (Lipinski definition) is 0. The quantitative estimate of drug-likeness (QED) is 0.434. The Balaban J connectivity index is 4.46. The summed E-state index contributed by atoms with van der Waals surface area (Å²) in [7, 11) is 1.65. The summed E-state index contributed by atoms with van der Waals surface area (Å²) in [5.41, 5.74) is 1.13. The van der Waals surface area contributed by atoms with Crippen molar-refractivity contribution < 1.29 is 4.74 Å². The van der Waals surface area contributed by atoms with Gasteiger partial charge in [0.2, 0.25) is 0 Å². The first-order valence-corrected chi connectivity index (χ1v) is 3.82. The van der Waals surface area contributed by atoms with Crippen molar-refractivity contribution in [3.8, 4) is 0 Å². The van der Waals surface area contributed by atoms with E-state index >= 15 is 0 Å². The maximum Gasteiger partial charge on any atom is 0.121 e. The smallest absolute Gasteiger partial charge is 0.121 e. The largest absolute Gasteiger partial charge is 0.497 e. The van der Waals surface area contributed by atoms with Gasteiger partial charge in [-0.3, -0.25) is 0 Å². The lowest BCUT2D eigenvalue weighted by molar-refractivity contribution is 0.302. The van der Waals surface area contributed by atoms with Gasteiger partial charge in [-0.2, -0.15) is 0 Å². The van der Waals surface area contributed by atoms with E-state index in [1.165, 1.54) is 0 Å². The van der Waals surface area contributed by atoms with E-state index in [0.717, 1.165) is 24.2 Å². The van der Waals surface area contributed by atoms with Crippen LogP contribution >= 0.6 is 0 Å². The molecule has 0 N–H and O–H groups in total. The fraction of sp³-hybridized carbons (Fsp3) is 0.400. The van der Waals surface area contributed by atoms with Crippen LogP contribution in [0.15, 0.2) is 36.6 Å². The lowest BCUT2D eigenvalue weighted by atomic mass is 10.1. The molecule has 1 nitrogen and oxygen atoms in total. The van der Waals surface area contributed by atoms with Crippen LogP contribution in [0.25, 0.3) is 0 Å². The molecule has 0 aliphatic rings. The van der Waals surface area contributed by atoms with Crippen molar-refractivity contribution >= 4 is 0 Å². The molecule has 0 fully saturated rings. The third kappa shape index (κ3) is 3.08. The Kier molecular flexibility index (Phi) is 5.26. The third-order valence-electron chi connectivity index (χ3n) is 1.49. The number of hydrogen-bond acceptors (Lipinski definition) is 1. The Bertz CT molecular complexity index is 166. The SMILES string of the molecule is C=C/C(CCC)=C(\C=C)OC. The van der Waals surface area contributed by atoms with Crippen molar-refractivity contribution in [3.63, 3.8) is 0 Å². The zero-order chi connectivity index (χ0) is 8.69. The van der Waals surface area contributed by atoms with Crippen LogP contribution in [0, 0.1) is 0 Å². The van der Waals surface area contributed by atoms with Gasteiger partial charge in [0.25, 0.3) is 0 Å². The Hall–Kier alpha value is -0.980. The third-order valence-corrected chi connectivity index (χ3v) is 1.49. The summed E-state index contributed by atoms with van der Waals surface area (Å²) in [4.78, 5) is 0. The average molecular weight is 152 g/mol. The van der Waals surface area contributed by atoms with Crippen molar-refractivity contribution in [1.29, 1.82) is 0 Å². The molecule has 0 saturated carbocycles. The fourth-order valence-corrected chi connectivity index (χ4v) is 0.941. The minimum absolute atomic E-state index is 0.835. The molecule has 0 heterocycles. The second-order valence-electron chi connectivity index (χ2n) is 2.25. The first-order valence-electron chi connectivity index (χ1n) is 3.82. The van der Waals surface area contributed by atoms with Gasteiger partial charge in [-0.15, -0.1) is 0 Å². The van der Waals surface area contributed by atoms with E-state index in [-0.39, 0.29) is 0 Å². The molecule has 0 atom stereocenters. The molecule has 0 amide bonds. The van der Waals surface area contributed by atoms with Gasteiger partial charge < -0.3 is 4.74 Å². The van der Waals surface area contributed by atoms with E-state index in [1.54, 1.807) is 13.2 Å². The van der Waals surface area contributed by atoms with Crippen LogP contribution in [-0.2, 0) is 4.74 Å². The van der Waals surface area contributed by atoms with Gasteiger partial charge >= 0.3 is 0 Å². The summed E-state index contributed by atoms with van der Waals surface area (Å²) < 4.78 is 5.10. The van der Waals surface area contributed by atoms with Crippen molar-refractivity contribution in [2.45, 2.75) is 19.8 Å². The summed E-state index contributed by atoms with van der Waals surface area (Å²) in [5.74, 6) is 0.835. The van der Waals surface area contributed by atoms with Gasteiger partial charge in [-0.25, -0.2) is 0 Å². The van der Waals surface area contributed by atoms with Crippen LogP contribution in [0.4, 0.5) is 0 Å². The Morgan fingerprint density at radius 2 is 2.00 bits per heavy atom. The second-order valence-corrected chi connectivity index (χ2v) is 2.25. The Labute approximate surface area is 69.1 Å². The van der Waals surface area contributed by atoms with Crippen molar-refractivity contribution in [2.75, 3.05) is 7.11 Å². The van der Waals surface area contributed by atoms with Crippen molar-refractivity contribution in [1.82, 2.24) is 0 Å². The highest BCUT2D eigenvalue weighted by Gasteiger charge is 1.97. The molecule has 0 rings (SSSR count). The molecule has 0 bridgehead atoms. The van der Waals surface area contributed by atoms with E-state index in [9.17, 15) is 0 Å². The standard InChI is InChI=1S/C10H16O/c1-5-8-9(6-2)10(7-3)11-4/h6-7H,2-3,5,8H2,1,4H3/b10-9-. The summed E-state index contributed by atoms with van der Waals surface area (Å²) in [6, 6.07) is 0. The molecule has 0 aromatic rings. The summed E-state index contributed by atoms with van der Waals surface area (Å²) in [6.45, 7) is 9.49. The van der Waals surface area contributed by atoms with Gasteiger partial charge in [0, 0.05) is 0 Å². The van der Waals surface area contributed by atoms with E-state index in [4.69, 9.17) is 4.74 Å². The Morgan fingerprint density at radius 3 is 2.27 bits per heavy atom. The van der Waals surface area contributed by atoms with Gasteiger partial charge in [0.15, 0.2) is 0 Å². The van der Waals surface area contributed by atoms with Crippen LogP contribution in [0.5, 0.6) is 0 Å². The molecule has 11 heavy (non-hydrogen) atoms. The first-order chi connectivity index (χ1) is 5.29. The molecule has 0 aromatic carbocycles. The van der Waals surface area contributed by atoms with E-state index in [2.05, 4.69) is 20.1 Å². The highest BCUT2D eigenvalue weighted by molar-refractivity contribution is 5.26. The minimum atomic E-state index is 0.835. The molecule has 0 aliphatic carbocycles. The van der Waals surface area contributed by atoms with Crippen molar-refractivity contribution in [2.24, 2.45) is 0 Å². The molecule has 0 aliphatic heterocycles. The van der Waals surface area contributed by atoms with Gasteiger partial charge in [-0.1, -0.05) is 32.6 Å². The molecule has 62 valence electrons. The van der Waals surface area contributed by atoms with Crippen LogP contribution in [0.2, 0.25) is 0 Å². The maximum atomic E-state index is 5.10. The zero-order valence-electron chi connectivity index (χ0n) is 7.39. The van der Waals surface area contributed by atoms with E-state index < -0.39 is 0 Å². The molecule has 0 saturated heterocycles. The highest BCUT2D eigenvalue weighted by Crippen LogP contribution is 2.13. The molecule has 1 heteroatoms. The normalized spacial score (nSPS) is 11.8. The maximum absolute atomic E-state index is 5.10. The monoisotopic (exact) mass is 152 g/mol. The second kappa shape index (κ2) is 5.78. The predicted octanol–water partition coefficient (Wildman–Crippen LogP) is 3.06. The van der Waals surface area contributed by atoms with Gasteiger partial charge in [0.1, 0.15) is 5.76 Å². The van der Waals surface area contributed by atoms with Crippen molar-refractivity contribution in [3.05, 3.63) is 36.6 Å². The number of allylic oxidation sites excluding steroid dienone is 3. The molecule has 0 unspecified atom stereocenters. The molecule has 0 aromatic heterocycles. The lowest BCUT2D eigenvalue weighted by Gasteiger charge is -2.05. The zero-order valence-corrected chi connectivity index (χ0v) is 7.39.